The summed E-state index contributed by atoms with van der Waals surface area (Å²) in [6.45, 7) is 3.85. The number of nitrogens with zero attached hydrogens (tertiary/aromatic N) is 4. The van der Waals surface area contributed by atoms with E-state index in [0.29, 0.717) is 17.3 Å². The molecule has 1 unspecified atom stereocenters. The number of rotatable bonds is 4. The van der Waals surface area contributed by atoms with E-state index in [9.17, 15) is 8.42 Å². The van der Waals surface area contributed by atoms with Crippen LogP contribution in [-0.2, 0) is 16.6 Å². The van der Waals surface area contributed by atoms with Gasteiger partial charge in [-0.2, -0.15) is 4.31 Å². The standard InChI is InChI=1S/C16H18N4O2S2/c1-2-20-15(18-13-5-3-8-17-16(13)20)12-7-9-19(11-12)24(21,22)14-6-4-10-23-14/h3-6,8,10,12H,2,7,9,11H2,1H3. The molecule has 1 fully saturated rings. The maximum Gasteiger partial charge on any atom is 0.252 e. The van der Waals surface area contributed by atoms with E-state index in [2.05, 4.69) is 16.5 Å². The van der Waals surface area contributed by atoms with E-state index in [1.54, 1.807) is 28.0 Å². The quantitative estimate of drug-likeness (QED) is 0.716. The molecule has 0 radical (unpaired) electrons. The fraction of sp³-hybridized carbons (Fsp3) is 0.375. The van der Waals surface area contributed by atoms with Gasteiger partial charge in [-0.15, -0.1) is 11.3 Å². The van der Waals surface area contributed by atoms with Crippen LogP contribution >= 0.6 is 11.3 Å². The highest BCUT2D eigenvalue weighted by Crippen LogP contribution is 2.33. The maximum atomic E-state index is 12.7. The molecule has 3 aromatic heterocycles. The Bertz CT molecular complexity index is 963. The van der Waals surface area contributed by atoms with Gasteiger partial charge >= 0.3 is 0 Å². The first kappa shape index (κ1) is 15.7. The normalized spacial score (nSPS) is 19.3. The van der Waals surface area contributed by atoms with Crippen LogP contribution < -0.4 is 0 Å². The zero-order valence-corrected chi connectivity index (χ0v) is 14.9. The van der Waals surface area contributed by atoms with Gasteiger partial charge in [0.1, 0.15) is 15.6 Å². The van der Waals surface area contributed by atoms with Crippen molar-refractivity contribution in [2.75, 3.05) is 13.1 Å². The molecule has 6 nitrogen and oxygen atoms in total. The SMILES string of the molecule is CCn1c(C2CCN(S(=O)(=O)c3cccs3)C2)nc2cccnc21. The van der Waals surface area contributed by atoms with Crippen LogP contribution in [0.2, 0.25) is 0 Å². The molecular weight excluding hydrogens is 344 g/mol. The van der Waals surface area contributed by atoms with Gasteiger partial charge in [-0.3, -0.25) is 0 Å². The molecule has 4 rings (SSSR count). The summed E-state index contributed by atoms with van der Waals surface area (Å²) in [5.41, 5.74) is 1.74. The van der Waals surface area contributed by atoms with Gasteiger partial charge in [-0.05, 0) is 36.9 Å². The minimum Gasteiger partial charge on any atom is -0.313 e. The number of sulfonamides is 1. The minimum absolute atomic E-state index is 0.105. The van der Waals surface area contributed by atoms with E-state index < -0.39 is 10.0 Å². The van der Waals surface area contributed by atoms with Gasteiger partial charge in [0, 0.05) is 31.7 Å². The lowest BCUT2D eigenvalue weighted by Gasteiger charge is -2.15. The van der Waals surface area contributed by atoms with Crippen LogP contribution in [0.3, 0.4) is 0 Å². The van der Waals surface area contributed by atoms with Crippen molar-refractivity contribution in [3.63, 3.8) is 0 Å². The summed E-state index contributed by atoms with van der Waals surface area (Å²) in [6.07, 6.45) is 2.55. The van der Waals surface area contributed by atoms with Crippen LogP contribution in [-0.4, -0.2) is 40.3 Å². The Kier molecular flexibility index (Phi) is 3.90. The number of aryl methyl sites for hydroxylation is 1. The Hall–Kier alpha value is -1.77. The Morgan fingerprint density at radius 1 is 1.33 bits per heavy atom. The second-order valence-electron chi connectivity index (χ2n) is 5.84. The van der Waals surface area contributed by atoms with Crippen molar-refractivity contribution in [2.24, 2.45) is 0 Å². The molecule has 1 aliphatic heterocycles. The number of imidazole rings is 1. The Balaban J connectivity index is 1.66. The molecule has 0 aromatic carbocycles. The molecule has 0 spiro atoms. The van der Waals surface area contributed by atoms with Crippen LogP contribution in [0.15, 0.2) is 40.1 Å². The topological polar surface area (TPSA) is 68.1 Å². The van der Waals surface area contributed by atoms with Crippen molar-refractivity contribution in [3.05, 3.63) is 41.7 Å². The summed E-state index contributed by atoms with van der Waals surface area (Å²) < 4.78 is 29.5. The second kappa shape index (κ2) is 5.94. The van der Waals surface area contributed by atoms with E-state index in [0.717, 1.165) is 30.0 Å². The highest BCUT2D eigenvalue weighted by Gasteiger charge is 2.35. The molecule has 1 aliphatic rings. The summed E-state index contributed by atoms with van der Waals surface area (Å²) in [6, 6.07) is 7.26. The second-order valence-corrected chi connectivity index (χ2v) is 8.95. The summed E-state index contributed by atoms with van der Waals surface area (Å²) >= 11 is 1.26. The molecule has 126 valence electrons. The largest absolute Gasteiger partial charge is 0.313 e. The van der Waals surface area contributed by atoms with Crippen LogP contribution in [0.25, 0.3) is 11.2 Å². The average molecular weight is 362 g/mol. The van der Waals surface area contributed by atoms with Crippen molar-refractivity contribution in [1.29, 1.82) is 0 Å². The Morgan fingerprint density at radius 3 is 2.96 bits per heavy atom. The smallest absolute Gasteiger partial charge is 0.252 e. The van der Waals surface area contributed by atoms with Gasteiger partial charge in [0.25, 0.3) is 10.0 Å². The van der Waals surface area contributed by atoms with E-state index in [4.69, 9.17) is 4.98 Å². The lowest BCUT2D eigenvalue weighted by molar-refractivity contribution is 0.471. The lowest BCUT2D eigenvalue weighted by Crippen LogP contribution is -2.28. The third kappa shape index (κ3) is 2.45. The van der Waals surface area contributed by atoms with E-state index >= 15 is 0 Å². The highest BCUT2D eigenvalue weighted by molar-refractivity contribution is 7.91. The van der Waals surface area contributed by atoms with Gasteiger partial charge in [0.2, 0.25) is 0 Å². The summed E-state index contributed by atoms with van der Waals surface area (Å²) in [5.74, 6) is 1.05. The number of fused-ring (bicyclic) bond motifs is 1. The van der Waals surface area contributed by atoms with Gasteiger partial charge in [0.15, 0.2) is 5.65 Å². The van der Waals surface area contributed by atoms with Crippen molar-refractivity contribution >= 4 is 32.5 Å². The van der Waals surface area contributed by atoms with Crippen molar-refractivity contribution in [1.82, 2.24) is 18.8 Å². The van der Waals surface area contributed by atoms with Crippen molar-refractivity contribution in [3.8, 4) is 0 Å². The first-order valence-electron chi connectivity index (χ1n) is 7.96. The number of hydrogen-bond acceptors (Lipinski definition) is 5. The molecule has 1 saturated heterocycles. The number of hydrogen-bond donors (Lipinski definition) is 0. The van der Waals surface area contributed by atoms with Crippen molar-refractivity contribution in [2.45, 2.75) is 30.0 Å². The number of aromatic nitrogens is 3. The molecule has 1 atom stereocenters. The van der Waals surface area contributed by atoms with Crippen LogP contribution in [0.1, 0.15) is 25.1 Å². The zero-order chi connectivity index (χ0) is 16.7. The van der Waals surface area contributed by atoms with Gasteiger partial charge in [0.05, 0.1) is 0 Å². The molecule has 4 heterocycles. The summed E-state index contributed by atoms with van der Waals surface area (Å²) in [7, 11) is -3.39. The lowest BCUT2D eigenvalue weighted by atomic mass is 10.1. The van der Waals surface area contributed by atoms with E-state index in [1.165, 1.54) is 11.3 Å². The molecule has 3 aromatic rings. The fourth-order valence-electron chi connectivity index (χ4n) is 3.29. The summed E-state index contributed by atoms with van der Waals surface area (Å²) in [4.78, 5) is 9.15. The van der Waals surface area contributed by atoms with Gasteiger partial charge in [-0.1, -0.05) is 6.07 Å². The molecule has 0 N–H and O–H groups in total. The molecule has 0 amide bonds. The van der Waals surface area contributed by atoms with Crippen LogP contribution in [0, 0.1) is 0 Å². The summed E-state index contributed by atoms with van der Waals surface area (Å²) in [5, 5.41) is 1.79. The van der Waals surface area contributed by atoms with Crippen LogP contribution in [0.5, 0.6) is 0 Å². The maximum absolute atomic E-state index is 12.7. The first-order valence-corrected chi connectivity index (χ1v) is 10.3. The number of thiophene rings is 1. The third-order valence-electron chi connectivity index (χ3n) is 4.45. The predicted molar refractivity (Wildman–Crippen MR) is 93.6 cm³/mol. The molecule has 24 heavy (non-hydrogen) atoms. The molecular formula is C16H18N4O2S2. The molecule has 0 bridgehead atoms. The Labute approximate surface area is 144 Å². The number of pyridine rings is 1. The third-order valence-corrected chi connectivity index (χ3v) is 7.69. The minimum atomic E-state index is -3.39. The molecule has 0 aliphatic carbocycles. The van der Waals surface area contributed by atoms with E-state index in [1.807, 2.05) is 12.1 Å². The van der Waals surface area contributed by atoms with Gasteiger partial charge < -0.3 is 4.57 Å². The molecule has 0 saturated carbocycles. The van der Waals surface area contributed by atoms with Crippen molar-refractivity contribution < 1.29 is 8.42 Å². The fourth-order valence-corrected chi connectivity index (χ4v) is 5.94. The van der Waals surface area contributed by atoms with Gasteiger partial charge in [-0.25, -0.2) is 18.4 Å². The monoisotopic (exact) mass is 362 g/mol. The van der Waals surface area contributed by atoms with E-state index in [-0.39, 0.29) is 5.92 Å². The zero-order valence-electron chi connectivity index (χ0n) is 13.3. The van der Waals surface area contributed by atoms with Crippen LogP contribution in [0.4, 0.5) is 0 Å². The predicted octanol–water partition coefficient (Wildman–Crippen LogP) is 2.69. The average Bonchev–Trinajstić information content (AvgIpc) is 3.32. The first-order chi connectivity index (χ1) is 11.6. The Morgan fingerprint density at radius 2 is 2.21 bits per heavy atom. The highest BCUT2D eigenvalue weighted by atomic mass is 32.2. The molecule has 8 heteroatoms.